The maximum Gasteiger partial charge on any atom is 0.193 e. The molecule has 90 valence electrons. The largest absolute Gasteiger partial charge is 0.377 e. The van der Waals surface area contributed by atoms with Crippen LogP contribution in [0.4, 0.5) is 5.69 Å². The summed E-state index contributed by atoms with van der Waals surface area (Å²) in [6.07, 6.45) is 0. The number of para-hydroxylation sites is 1. The van der Waals surface area contributed by atoms with Crippen molar-refractivity contribution in [3.63, 3.8) is 0 Å². The molecule has 0 atom stereocenters. The van der Waals surface area contributed by atoms with Crippen LogP contribution in [0, 0.1) is 0 Å². The normalized spacial score (nSPS) is 10.8. The molecule has 0 aliphatic heterocycles. The molecule has 17 heavy (non-hydrogen) atoms. The average Bonchev–Trinajstić information content (AvgIpc) is 2.73. The molecule has 1 heterocycles. The van der Waals surface area contributed by atoms with E-state index in [4.69, 9.17) is 0 Å². The molecule has 0 fully saturated rings. The molecule has 1 aromatic heterocycles. The van der Waals surface area contributed by atoms with Crippen molar-refractivity contribution in [3.05, 3.63) is 35.7 Å². The van der Waals surface area contributed by atoms with Gasteiger partial charge in [0.1, 0.15) is 0 Å². The summed E-state index contributed by atoms with van der Waals surface area (Å²) in [6, 6.07) is 8.29. The minimum absolute atomic E-state index is 0.494. The van der Waals surface area contributed by atoms with Crippen molar-refractivity contribution in [1.29, 1.82) is 0 Å². The third-order valence-corrected chi connectivity index (χ3v) is 2.57. The van der Waals surface area contributed by atoms with Crippen LogP contribution in [0.15, 0.2) is 24.3 Å². The second-order valence-electron chi connectivity index (χ2n) is 4.29. The molecule has 0 spiro atoms. The van der Waals surface area contributed by atoms with Gasteiger partial charge < -0.3 is 5.32 Å². The number of rotatable bonds is 4. The Bertz CT molecular complexity index is 489. The van der Waals surface area contributed by atoms with Crippen molar-refractivity contribution in [1.82, 2.24) is 20.2 Å². The molecule has 5 nitrogen and oxygen atoms in total. The van der Waals surface area contributed by atoms with Crippen LogP contribution < -0.4 is 5.32 Å². The van der Waals surface area contributed by atoms with Crippen molar-refractivity contribution < 1.29 is 0 Å². The second-order valence-corrected chi connectivity index (χ2v) is 4.29. The van der Waals surface area contributed by atoms with E-state index in [1.165, 1.54) is 10.4 Å². The van der Waals surface area contributed by atoms with Crippen LogP contribution in [-0.2, 0) is 13.6 Å². The summed E-state index contributed by atoms with van der Waals surface area (Å²) in [5, 5.41) is 15.2. The van der Waals surface area contributed by atoms with E-state index in [1.807, 2.05) is 6.07 Å². The summed E-state index contributed by atoms with van der Waals surface area (Å²) in [7, 11) is 1.76. The summed E-state index contributed by atoms with van der Waals surface area (Å²) >= 11 is 0. The summed E-state index contributed by atoms with van der Waals surface area (Å²) in [5.41, 5.74) is 2.44. The van der Waals surface area contributed by atoms with Gasteiger partial charge in [0.25, 0.3) is 0 Å². The molecule has 1 N–H and O–H groups in total. The Labute approximate surface area is 101 Å². The molecule has 0 unspecified atom stereocenters. The smallest absolute Gasteiger partial charge is 0.193 e. The van der Waals surface area contributed by atoms with Crippen molar-refractivity contribution in [2.24, 2.45) is 7.05 Å². The van der Waals surface area contributed by atoms with E-state index < -0.39 is 0 Å². The Morgan fingerprint density at radius 3 is 2.71 bits per heavy atom. The second kappa shape index (κ2) is 4.95. The maximum absolute atomic E-state index is 4.13. The highest BCUT2D eigenvalue weighted by Crippen LogP contribution is 2.23. The lowest BCUT2D eigenvalue weighted by Crippen LogP contribution is -2.05. The molecule has 0 saturated heterocycles. The lowest BCUT2D eigenvalue weighted by atomic mass is 10.0. The number of aromatic nitrogens is 4. The van der Waals surface area contributed by atoms with E-state index in [-0.39, 0.29) is 0 Å². The zero-order valence-electron chi connectivity index (χ0n) is 10.4. The highest BCUT2D eigenvalue weighted by Gasteiger charge is 2.06. The number of tetrazole rings is 1. The predicted molar refractivity (Wildman–Crippen MR) is 66.7 cm³/mol. The minimum Gasteiger partial charge on any atom is -0.377 e. The molecule has 0 saturated carbocycles. The first-order valence-corrected chi connectivity index (χ1v) is 5.72. The van der Waals surface area contributed by atoms with E-state index in [9.17, 15) is 0 Å². The molecule has 0 bridgehead atoms. The standard InChI is InChI=1S/C12H17N5/c1-9(2)10-6-4-5-7-11(10)13-8-12-14-16-17(3)15-12/h4-7,9,13H,8H2,1-3H3. The molecule has 2 rings (SSSR count). The van der Waals surface area contributed by atoms with E-state index >= 15 is 0 Å². The Hall–Kier alpha value is -1.91. The SMILES string of the molecule is CC(C)c1ccccc1NCc1nnn(C)n1. The van der Waals surface area contributed by atoms with E-state index in [0.717, 1.165) is 5.69 Å². The number of hydrogen-bond acceptors (Lipinski definition) is 4. The fourth-order valence-electron chi connectivity index (χ4n) is 1.73. The Morgan fingerprint density at radius 1 is 1.29 bits per heavy atom. The maximum atomic E-state index is 4.13. The number of aryl methyl sites for hydroxylation is 1. The van der Waals surface area contributed by atoms with Gasteiger partial charge in [0.2, 0.25) is 0 Å². The van der Waals surface area contributed by atoms with Crippen LogP contribution in [-0.4, -0.2) is 20.2 Å². The van der Waals surface area contributed by atoms with E-state index in [0.29, 0.717) is 18.3 Å². The molecular formula is C12H17N5. The summed E-state index contributed by atoms with van der Waals surface area (Å²) in [4.78, 5) is 1.46. The first kappa shape index (κ1) is 11.6. The third-order valence-electron chi connectivity index (χ3n) is 2.57. The topological polar surface area (TPSA) is 55.6 Å². The fourth-order valence-corrected chi connectivity index (χ4v) is 1.73. The van der Waals surface area contributed by atoms with Crippen molar-refractivity contribution in [3.8, 4) is 0 Å². The van der Waals surface area contributed by atoms with Gasteiger partial charge in [-0.1, -0.05) is 32.0 Å². The van der Waals surface area contributed by atoms with Crippen molar-refractivity contribution in [2.75, 3.05) is 5.32 Å². The zero-order chi connectivity index (χ0) is 12.3. The lowest BCUT2D eigenvalue weighted by molar-refractivity contribution is 0.628. The number of nitrogens with zero attached hydrogens (tertiary/aromatic N) is 4. The highest BCUT2D eigenvalue weighted by atomic mass is 15.6. The van der Waals surface area contributed by atoms with Gasteiger partial charge in [-0.3, -0.25) is 0 Å². The Morgan fingerprint density at radius 2 is 2.06 bits per heavy atom. The van der Waals surface area contributed by atoms with Crippen LogP contribution >= 0.6 is 0 Å². The van der Waals surface area contributed by atoms with Gasteiger partial charge in [-0.2, -0.15) is 4.80 Å². The first-order chi connectivity index (χ1) is 8.16. The molecule has 2 aromatic rings. The van der Waals surface area contributed by atoms with Crippen LogP contribution in [0.3, 0.4) is 0 Å². The molecule has 0 aliphatic rings. The number of nitrogens with one attached hydrogen (secondary N) is 1. The molecular weight excluding hydrogens is 214 g/mol. The average molecular weight is 231 g/mol. The van der Waals surface area contributed by atoms with Gasteiger partial charge in [0.05, 0.1) is 13.6 Å². The van der Waals surface area contributed by atoms with Crippen LogP contribution in [0.5, 0.6) is 0 Å². The number of benzene rings is 1. The van der Waals surface area contributed by atoms with E-state index in [2.05, 4.69) is 52.8 Å². The van der Waals surface area contributed by atoms with Crippen molar-refractivity contribution >= 4 is 5.69 Å². The molecule has 5 heteroatoms. The fraction of sp³-hybridized carbons (Fsp3) is 0.417. The number of hydrogen-bond donors (Lipinski definition) is 1. The monoisotopic (exact) mass is 231 g/mol. The van der Waals surface area contributed by atoms with E-state index in [1.54, 1.807) is 7.05 Å². The minimum atomic E-state index is 0.494. The molecule has 0 amide bonds. The quantitative estimate of drug-likeness (QED) is 0.873. The van der Waals surface area contributed by atoms with Crippen LogP contribution in [0.25, 0.3) is 0 Å². The number of anilines is 1. The molecule has 1 aromatic carbocycles. The summed E-state index contributed by atoms with van der Waals surface area (Å²) in [6.45, 7) is 4.96. The van der Waals surface area contributed by atoms with Gasteiger partial charge >= 0.3 is 0 Å². The summed E-state index contributed by atoms with van der Waals surface area (Å²) in [5.74, 6) is 1.19. The zero-order valence-corrected chi connectivity index (χ0v) is 10.4. The highest BCUT2D eigenvalue weighted by molar-refractivity contribution is 5.52. The third kappa shape index (κ3) is 2.81. The predicted octanol–water partition coefficient (Wildman–Crippen LogP) is 1.95. The van der Waals surface area contributed by atoms with Crippen LogP contribution in [0.1, 0.15) is 31.2 Å². The first-order valence-electron chi connectivity index (χ1n) is 5.72. The summed E-state index contributed by atoms with van der Waals surface area (Å²) < 4.78 is 0. The van der Waals surface area contributed by atoms with Gasteiger partial charge in [-0.15, -0.1) is 10.2 Å². The molecule has 0 radical (unpaired) electrons. The lowest BCUT2D eigenvalue weighted by Gasteiger charge is -2.13. The van der Waals surface area contributed by atoms with Gasteiger partial charge in [0.15, 0.2) is 5.82 Å². The molecule has 0 aliphatic carbocycles. The van der Waals surface area contributed by atoms with Crippen molar-refractivity contribution in [2.45, 2.75) is 26.3 Å². The van der Waals surface area contributed by atoms with Crippen LogP contribution in [0.2, 0.25) is 0 Å². The van der Waals surface area contributed by atoms with Gasteiger partial charge in [-0.05, 0) is 22.8 Å². The van der Waals surface area contributed by atoms with Gasteiger partial charge in [0, 0.05) is 5.69 Å². The van der Waals surface area contributed by atoms with Gasteiger partial charge in [-0.25, -0.2) is 0 Å². The Balaban J connectivity index is 2.08. The Kier molecular flexibility index (Phi) is 3.37.